The zero-order valence-electron chi connectivity index (χ0n) is 9.71. The summed E-state index contributed by atoms with van der Waals surface area (Å²) in [5.41, 5.74) is 0. The molecule has 0 fully saturated rings. The highest BCUT2D eigenvalue weighted by Crippen LogP contribution is 2.10. The summed E-state index contributed by atoms with van der Waals surface area (Å²) < 4.78 is 0. The van der Waals surface area contributed by atoms with Gasteiger partial charge in [0.1, 0.15) is 0 Å². The minimum absolute atomic E-state index is 0.167. The Morgan fingerprint density at radius 2 is 1.41 bits per heavy atom. The molecule has 0 spiro atoms. The Labute approximate surface area is 99.9 Å². The highest BCUT2D eigenvalue weighted by molar-refractivity contribution is 5.72. The number of aliphatic hydroxyl groups excluding tert-OH is 2. The molecule has 2 unspecified atom stereocenters. The van der Waals surface area contributed by atoms with Gasteiger partial charge in [-0.1, -0.05) is 25.7 Å². The molecule has 100 valence electrons. The summed E-state index contributed by atoms with van der Waals surface area (Å²) in [5.74, 6) is -2.22. The van der Waals surface area contributed by atoms with Crippen LogP contribution in [0.25, 0.3) is 0 Å². The summed E-state index contributed by atoms with van der Waals surface area (Å²) in [7, 11) is 0. The number of hydrogen-bond acceptors (Lipinski definition) is 4. The molecule has 0 aromatic carbocycles. The average Bonchev–Trinajstić information content (AvgIpc) is 2.25. The predicted octanol–water partition coefficient (Wildman–Crippen LogP) is 0.608. The Morgan fingerprint density at radius 1 is 0.882 bits per heavy atom. The highest BCUT2D eigenvalue weighted by atomic mass is 16.4. The van der Waals surface area contributed by atoms with E-state index in [0.717, 1.165) is 19.3 Å². The summed E-state index contributed by atoms with van der Waals surface area (Å²) in [6.07, 6.45) is 1.17. The van der Waals surface area contributed by atoms with Gasteiger partial charge in [0, 0.05) is 6.42 Å². The lowest BCUT2D eigenvalue weighted by Gasteiger charge is -2.13. The van der Waals surface area contributed by atoms with Crippen LogP contribution in [0.4, 0.5) is 0 Å². The van der Waals surface area contributed by atoms with Crippen molar-refractivity contribution in [2.24, 2.45) is 0 Å². The van der Waals surface area contributed by atoms with Crippen LogP contribution in [0.2, 0.25) is 0 Å². The van der Waals surface area contributed by atoms with E-state index in [9.17, 15) is 14.7 Å². The van der Waals surface area contributed by atoms with Crippen molar-refractivity contribution < 1.29 is 30.0 Å². The Balaban J connectivity index is 3.39. The Morgan fingerprint density at radius 3 is 1.94 bits per heavy atom. The maximum Gasteiger partial charge on any atom is 0.335 e. The fourth-order valence-corrected chi connectivity index (χ4v) is 1.48. The van der Waals surface area contributed by atoms with E-state index >= 15 is 0 Å². The monoisotopic (exact) mass is 248 g/mol. The third-order valence-electron chi connectivity index (χ3n) is 2.51. The molecule has 4 N–H and O–H groups in total. The van der Waals surface area contributed by atoms with Gasteiger partial charge in [-0.25, -0.2) is 4.79 Å². The molecule has 2 atom stereocenters. The molecule has 17 heavy (non-hydrogen) atoms. The van der Waals surface area contributed by atoms with Crippen LogP contribution >= 0.6 is 0 Å². The standard InChI is InChI=1S/C11H20O6/c12-8(10(15)11(16)17)6-4-2-1-3-5-7-9(13)14/h8,10,12,15H,1-7H2,(H,13,14)(H,16,17). The van der Waals surface area contributed by atoms with E-state index in [4.69, 9.17) is 15.3 Å². The third-order valence-corrected chi connectivity index (χ3v) is 2.51. The second-order valence-electron chi connectivity index (χ2n) is 4.05. The molecule has 0 aromatic rings. The van der Waals surface area contributed by atoms with Crippen LogP contribution in [0.5, 0.6) is 0 Å². The summed E-state index contributed by atoms with van der Waals surface area (Å²) >= 11 is 0. The van der Waals surface area contributed by atoms with Crippen molar-refractivity contribution in [1.29, 1.82) is 0 Å². The maximum atomic E-state index is 10.3. The van der Waals surface area contributed by atoms with Crippen molar-refractivity contribution in [3.63, 3.8) is 0 Å². The lowest BCUT2D eigenvalue weighted by atomic mass is 10.0. The van der Waals surface area contributed by atoms with Gasteiger partial charge in [0.25, 0.3) is 0 Å². The van der Waals surface area contributed by atoms with E-state index in [0.29, 0.717) is 12.8 Å². The lowest BCUT2D eigenvalue weighted by Crippen LogP contribution is -2.33. The van der Waals surface area contributed by atoms with Crippen LogP contribution in [0, 0.1) is 0 Å². The summed E-state index contributed by atoms with van der Waals surface area (Å²) in [4.78, 5) is 20.5. The first-order valence-corrected chi connectivity index (χ1v) is 5.76. The number of rotatable bonds is 10. The number of carboxylic acid groups (broad SMARTS) is 2. The van der Waals surface area contributed by atoms with Crippen LogP contribution in [0.3, 0.4) is 0 Å². The number of hydrogen-bond donors (Lipinski definition) is 4. The van der Waals surface area contributed by atoms with Gasteiger partial charge in [-0.2, -0.15) is 0 Å². The van der Waals surface area contributed by atoms with E-state index in [1.165, 1.54) is 0 Å². The fraction of sp³-hybridized carbons (Fsp3) is 0.818. The first-order valence-electron chi connectivity index (χ1n) is 5.76. The van der Waals surface area contributed by atoms with Gasteiger partial charge in [-0.05, 0) is 12.8 Å². The largest absolute Gasteiger partial charge is 0.481 e. The second-order valence-corrected chi connectivity index (χ2v) is 4.05. The van der Waals surface area contributed by atoms with Crippen molar-refractivity contribution in [3.8, 4) is 0 Å². The number of carbonyl (C=O) groups is 2. The van der Waals surface area contributed by atoms with Gasteiger partial charge in [0.05, 0.1) is 6.10 Å². The number of aliphatic hydroxyl groups is 2. The van der Waals surface area contributed by atoms with Crippen molar-refractivity contribution in [2.45, 2.75) is 57.2 Å². The van der Waals surface area contributed by atoms with Gasteiger partial charge in [-0.15, -0.1) is 0 Å². The van der Waals surface area contributed by atoms with E-state index in [1.807, 2.05) is 0 Å². The molecule has 0 aliphatic carbocycles. The van der Waals surface area contributed by atoms with Crippen molar-refractivity contribution in [3.05, 3.63) is 0 Å². The molecule has 0 aliphatic heterocycles. The Hall–Kier alpha value is -1.14. The molecule has 0 aliphatic rings. The molecular weight excluding hydrogens is 228 g/mol. The van der Waals surface area contributed by atoms with Gasteiger partial charge in [0.2, 0.25) is 0 Å². The maximum absolute atomic E-state index is 10.3. The molecule has 0 saturated heterocycles. The predicted molar refractivity (Wildman–Crippen MR) is 59.6 cm³/mol. The number of aliphatic carboxylic acids is 2. The zero-order valence-corrected chi connectivity index (χ0v) is 9.71. The highest BCUT2D eigenvalue weighted by Gasteiger charge is 2.22. The molecule has 6 heteroatoms. The van der Waals surface area contributed by atoms with Crippen LogP contribution in [-0.2, 0) is 9.59 Å². The number of unbranched alkanes of at least 4 members (excludes halogenated alkanes) is 4. The van der Waals surface area contributed by atoms with E-state index < -0.39 is 24.1 Å². The molecule has 0 amide bonds. The van der Waals surface area contributed by atoms with E-state index in [2.05, 4.69) is 0 Å². The van der Waals surface area contributed by atoms with Gasteiger partial charge >= 0.3 is 11.9 Å². The molecule has 0 saturated carbocycles. The van der Waals surface area contributed by atoms with Gasteiger partial charge in [-0.3, -0.25) is 4.79 Å². The van der Waals surface area contributed by atoms with E-state index in [1.54, 1.807) is 0 Å². The van der Waals surface area contributed by atoms with Crippen LogP contribution in [-0.4, -0.2) is 44.6 Å². The lowest BCUT2D eigenvalue weighted by molar-refractivity contribution is -0.153. The van der Waals surface area contributed by atoms with Crippen molar-refractivity contribution in [2.75, 3.05) is 0 Å². The van der Waals surface area contributed by atoms with Crippen molar-refractivity contribution in [1.82, 2.24) is 0 Å². The molecule has 0 bridgehead atoms. The van der Waals surface area contributed by atoms with Crippen molar-refractivity contribution >= 4 is 11.9 Å². The van der Waals surface area contributed by atoms with Crippen LogP contribution in [0.15, 0.2) is 0 Å². The second kappa shape index (κ2) is 8.95. The summed E-state index contributed by atoms with van der Waals surface area (Å²) in [5, 5.41) is 35.0. The topological polar surface area (TPSA) is 115 Å². The molecule has 0 rings (SSSR count). The van der Waals surface area contributed by atoms with Gasteiger partial charge < -0.3 is 20.4 Å². The zero-order chi connectivity index (χ0) is 13.3. The Kier molecular flexibility index (Phi) is 8.35. The number of carboxylic acids is 2. The molecule has 6 nitrogen and oxygen atoms in total. The smallest absolute Gasteiger partial charge is 0.335 e. The van der Waals surface area contributed by atoms with Crippen LogP contribution < -0.4 is 0 Å². The first kappa shape index (κ1) is 15.9. The van der Waals surface area contributed by atoms with Crippen LogP contribution in [0.1, 0.15) is 44.9 Å². The quantitative estimate of drug-likeness (QED) is 0.421. The van der Waals surface area contributed by atoms with E-state index in [-0.39, 0.29) is 12.8 Å². The Bertz CT molecular complexity index is 240. The normalized spacial score (nSPS) is 14.2. The first-order chi connectivity index (χ1) is 7.95. The SMILES string of the molecule is O=C(O)CCCCCCCC(O)C(O)C(=O)O. The third kappa shape index (κ3) is 8.65. The fourth-order valence-electron chi connectivity index (χ4n) is 1.48. The summed E-state index contributed by atoms with van der Waals surface area (Å²) in [6, 6.07) is 0. The molecule has 0 radical (unpaired) electrons. The molecule has 0 heterocycles. The molecular formula is C11H20O6. The minimum Gasteiger partial charge on any atom is -0.481 e. The summed E-state index contributed by atoms with van der Waals surface area (Å²) in [6.45, 7) is 0. The average molecular weight is 248 g/mol. The molecule has 0 aromatic heterocycles. The van der Waals surface area contributed by atoms with Gasteiger partial charge in [0.15, 0.2) is 6.10 Å². The minimum atomic E-state index is -1.72.